The third kappa shape index (κ3) is 3.18. The molecular formula is C11H19N3S. The molecule has 4 heteroatoms. The van der Waals surface area contributed by atoms with Crippen molar-refractivity contribution in [2.45, 2.75) is 32.2 Å². The zero-order chi connectivity index (χ0) is 10.5. The lowest BCUT2D eigenvalue weighted by Gasteiger charge is -2.17. The van der Waals surface area contributed by atoms with Crippen LogP contribution in [0.15, 0.2) is 11.6 Å². The molecule has 0 radical (unpaired) electrons. The second kappa shape index (κ2) is 5.47. The predicted octanol–water partition coefficient (Wildman–Crippen LogP) is 2.43. The van der Waals surface area contributed by atoms with E-state index >= 15 is 0 Å². The molecular weight excluding hydrogens is 206 g/mol. The average molecular weight is 225 g/mol. The Morgan fingerprint density at radius 3 is 3.20 bits per heavy atom. The van der Waals surface area contributed by atoms with E-state index in [1.54, 1.807) is 11.3 Å². The molecule has 3 nitrogen and oxygen atoms in total. The highest BCUT2D eigenvalue weighted by molar-refractivity contribution is 7.13. The first-order chi connectivity index (χ1) is 7.38. The van der Waals surface area contributed by atoms with Gasteiger partial charge in [0.25, 0.3) is 0 Å². The van der Waals surface area contributed by atoms with Crippen LogP contribution < -0.4 is 5.32 Å². The molecule has 1 aromatic rings. The van der Waals surface area contributed by atoms with Gasteiger partial charge in [-0.2, -0.15) is 0 Å². The third-order valence-corrected chi connectivity index (χ3v) is 3.73. The topological polar surface area (TPSA) is 28.2 Å². The monoisotopic (exact) mass is 225 g/mol. The first kappa shape index (κ1) is 10.9. The molecule has 84 valence electrons. The summed E-state index contributed by atoms with van der Waals surface area (Å²) < 4.78 is 0. The molecule has 1 atom stereocenters. The maximum atomic E-state index is 4.27. The molecule has 15 heavy (non-hydrogen) atoms. The largest absolute Gasteiger partial charge is 0.359 e. The number of thiazole rings is 1. The first-order valence-corrected chi connectivity index (χ1v) is 6.65. The third-order valence-electron chi connectivity index (χ3n) is 3.03. The predicted molar refractivity (Wildman–Crippen MR) is 65.5 cm³/mol. The number of hydrogen-bond donors (Lipinski definition) is 1. The van der Waals surface area contributed by atoms with E-state index in [2.05, 4.69) is 22.1 Å². The Bertz CT molecular complexity index is 273. The van der Waals surface area contributed by atoms with Crippen LogP contribution in [-0.4, -0.2) is 35.6 Å². The van der Waals surface area contributed by atoms with Gasteiger partial charge in [-0.25, -0.2) is 4.98 Å². The summed E-state index contributed by atoms with van der Waals surface area (Å²) in [7, 11) is 0. The van der Waals surface area contributed by atoms with E-state index < -0.39 is 0 Å². The quantitative estimate of drug-likeness (QED) is 0.856. The van der Waals surface area contributed by atoms with Crippen LogP contribution in [0.3, 0.4) is 0 Å². The molecule has 0 aliphatic carbocycles. The van der Waals surface area contributed by atoms with Crippen molar-refractivity contribution in [2.24, 2.45) is 0 Å². The summed E-state index contributed by atoms with van der Waals surface area (Å²) in [6.45, 7) is 5.91. The van der Waals surface area contributed by atoms with Crippen molar-refractivity contribution in [3.05, 3.63) is 11.6 Å². The highest BCUT2D eigenvalue weighted by Crippen LogP contribution is 2.18. The average Bonchev–Trinajstić information content (AvgIpc) is 2.64. The Labute approximate surface area is 95.5 Å². The highest BCUT2D eigenvalue weighted by atomic mass is 32.1. The summed E-state index contributed by atoms with van der Waals surface area (Å²) in [5.74, 6) is 0. The Balaban J connectivity index is 1.83. The summed E-state index contributed by atoms with van der Waals surface area (Å²) in [5.41, 5.74) is 0. The lowest BCUT2D eigenvalue weighted by Crippen LogP contribution is -2.26. The van der Waals surface area contributed by atoms with E-state index in [9.17, 15) is 0 Å². The molecule has 1 N–H and O–H groups in total. The van der Waals surface area contributed by atoms with E-state index in [1.165, 1.54) is 38.9 Å². The van der Waals surface area contributed by atoms with Crippen molar-refractivity contribution in [3.63, 3.8) is 0 Å². The Kier molecular flexibility index (Phi) is 3.97. The van der Waals surface area contributed by atoms with Gasteiger partial charge in [0, 0.05) is 24.2 Å². The van der Waals surface area contributed by atoms with Gasteiger partial charge in [0.2, 0.25) is 0 Å². The second-order valence-corrected chi connectivity index (χ2v) is 4.94. The van der Waals surface area contributed by atoms with Gasteiger partial charge in [0.15, 0.2) is 5.13 Å². The minimum Gasteiger partial charge on any atom is -0.359 e. The van der Waals surface area contributed by atoms with Crippen LogP contribution in [0.1, 0.15) is 26.2 Å². The Hall–Kier alpha value is -0.610. The number of nitrogens with zero attached hydrogens (tertiary/aromatic N) is 2. The van der Waals surface area contributed by atoms with E-state index in [4.69, 9.17) is 0 Å². The molecule has 0 aromatic carbocycles. The van der Waals surface area contributed by atoms with Crippen molar-refractivity contribution >= 4 is 16.5 Å². The van der Waals surface area contributed by atoms with Crippen LogP contribution in [0.5, 0.6) is 0 Å². The molecule has 0 amide bonds. The molecule has 2 heterocycles. The van der Waals surface area contributed by atoms with Gasteiger partial charge in [-0.15, -0.1) is 11.3 Å². The van der Waals surface area contributed by atoms with Crippen LogP contribution >= 0.6 is 11.3 Å². The molecule has 0 saturated carbocycles. The van der Waals surface area contributed by atoms with E-state index in [-0.39, 0.29) is 0 Å². The van der Waals surface area contributed by atoms with Crippen LogP contribution in [0, 0.1) is 0 Å². The number of anilines is 1. The standard InChI is InChI=1S/C11H19N3S/c1-2-14-7-3-4-10(5-8-14)13-11-12-6-9-15-11/h6,9-10H,2-5,7-8H2,1H3,(H,12,13). The van der Waals surface area contributed by atoms with E-state index in [0.29, 0.717) is 6.04 Å². The summed E-state index contributed by atoms with van der Waals surface area (Å²) in [4.78, 5) is 6.81. The van der Waals surface area contributed by atoms with Gasteiger partial charge in [-0.3, -0.25) is 0 Å². The molecule has 1 unspecified atom stereocenters. The number of aromatic nitrogens is 1. The zero-order valence-corrected chi connectivity index (χ0v) is 10.1. The lowest BCUT2D eigenvalue weighted by molar-refractivity contribution is 0.300. The van der Waals surface area contributed by atoms with Crippen molar-refractivity contribution in [3.8, 4) is 0 Å². The van der Waals surface area contributed by atoms with Gasteiger partial charge in [-0.1, -0.05) is 6.92 Å². The minimum atomic E-state index is 0.618. The second-order valence-electron chi connectivity index (χ2n) is 4.04. The molecule has 0 bridgehead atoms. The maximum Gasteiger partial charge on any atom is 0.182 e. The van der Waals surface area contributed by atoms with Gasteiger partial charge in [0.05, 0.1) is 0 Å². The number of rotatable bonds is 3. The lowest BCUT2D eigenvalue weighted by atomic mass is 10.1. The van der Waals surface area contributed by atoms with E-state index in [1.807, 2.05) is 11.6 Å². The van der Waals surface area contributed by atoms with Crippen molar-refractivity contribution in [2.75, 3.05) is 25.0 Å². The minimum absolute atomic E-state index is 0.618. The van der Waals surface area contributed by atoms with Gasteiger partial charge in [-0.05, 0) is 32.4 Å². The van der Waals surface area contributed by atoms with Gasteiger partial charge in [0.1, 0.15) is 0 Å². The van der Waals surface area contributed by atoms with Crippen molar-refractivity contribution in [1.82, 2.24) is 9.88 Å². The fraction of sp³-hybridized carbons (Fsp3) is 0.727. The zero-order valence-electron chi connectivity index (χ0n) is 9.28. The number of nitrogens with one attached hydrogen (secondary N) is 1. The molecule has 2 rings (SSSR count). The normalized spacial score (nSPS) is 23.7. The highest BCUT2D eigenvalue weighted by Gasteiger charge is 2.16. The SMILES string of the molecule is CCN1CCCC(Nc2nccs2)CC1. The summed E-state index contributed by atoms with van der Waals surface area (Å²) in [6.07, 6.45) is 5.68. The molecule has 1 aliphatic heterocycles. The molecule has 1 aromatic heterocycles. The first-order valence-electron chi connectivity index (χ1n) is 5.77. The smallest absolute Gasteiger partial charge is 0.182 e. The van der Waals surface area contributed by atoms with Crippen molar-refractivity contribution in [1.29, 1.82) is 0 Å². The summed E-state index contributed by atoms with van der Waals surface area (Å²) in [5, 5.41) is 6.63. The van der Waals surface area contributed by atoms with Crippen molar-refractivity contribution < 1.29 is 0 Å². The fourth-order valence-electron chi connectivity index (χ4n) is 2.09. The number of likely N-dealkylation sites (tertiary alicyclic amines) is 1. The molecule has 0 spiro atoms. The molecule has 1 fully saturated rings. The van der Waals surface area contributed by atoms with Crippen LogP contribution in [-0.2, 0) is 0 Å². The number of hydrogen-bond acceptors (Lipinski definition) is 4. The molecule has 1 saturated heterocycles. The van der Waals surface area contributed by atoms with Crippen LogP contribution in [0.2, 0.25) is 0 Å². The van der Waals surface area contributed by atoms with Gasteiger partial charge >= 0.3 is 0 Å². The fourth-order valence-corrected chi connectivity index (χ4v) is 2.69. The summed E-state index contributed by atoms with van der Waals surface area (Å²) >= 11 is 1.69. The van der Waals surface area contributed by atoms with Gasteiger partial charge < -0.3 is 10.2 Å². The Morgan fingerprint density at radius 2 is 2.47 bits per heavy atom. The van der Waals surface area contributed by atoms with Crippen LogP contribution in [0.4, 0.5) is 5.13 Å². The van der Waals surface area contributed by atoms with E-state index in [0.717, 1.165) is 5.13 Å². The Morgan fingerprint density at radius 1 is 1.53 bits per heavy atom. The maximum absolute atomic E-state index is 4.27. The van der Waals surface area contributed by atoms with Crippen LogP contribution in [0.25, 0.3) is 0 Å². The summed E-state index contributed by atoms with van der Waals surface area (Å²) in [6, 6.07) is 0.618. The molecule has 1 aliphatic rings.